The predicted octanol–water partition coefficient (Wildman–Crippen LogP) is 2.75. The lowest BCUT2D eigenvalue weighted by atomic mass is 10.2. The maximum Gasteiger partial charge on any atom is 0.261 e. The summed E-state index contributed by atoms with van der Waals surface area (Å²) >= 11 is 0. The Morgan fingerprint density at radius 2 is 2.12 bits per heavy atom. The van der Waals surface area contributed by atoms with E-state index in [2.05, 4.69) is 9.55 Å². The van der Waals surface area contributed by atoms with Gasteiger partial charge in [0, 0.05) is 38.0 Å². The van der Waals surface area contributed by atoms with E-state index in [1.807, 2.05) is 56.1 Å². The van der Waals surface area contributed by atoms with Crippen LogP contribution in [-0.4, -0.2) is 46.7 Å². The van der Waals surface area contributed by atoms with Gasteiger partial charge >= 0.3 is 0 Å². The van der Waals surface area contributed by atoms with Crippen molar-refractivity contribution in [1.82, 2.24) is 14.5 Å². The first-order valence-corrected chi connectivity index (χ1v) is 9.21. The molecule has 1 unspecified atom stereocenters. The summed E-state index contributed by atoms with van der Waals surface area (Å²) < 4.78 is 13.4. The summed E-state index contributed by atoms with van der Waals surface area (Å²) in [5.74, 6) is 1.68. The first kappa shape index (κ1) is 18.5. The highest BCUT2D eigenvalue weighted by atomic mass is 16.5. The van der Waals surface area contributed by atoms with Gasteiger partial charge in [-0.3, -0.25) is 4.79 Å². The van der Waals surface area contributed by atoms with Crippen LogP contribution in [0.1, 0.15) is 37.0 Å². The second-order valence-corrected chi connectivity index (χ2v) is 6.52. The highest BCUT2D eigenvalue weighted by Crippen LogP contribution is 2.26. The van der Waals surface area contributed by atoms with Crippen molar-refractivity contribution < 1.29 is 14.3 Å². The molecule has 2 heterocycles. The molecular formula is C20H27N3O3. The van der Waals surface area contributed by atoms with Crippen LogP contribution in [0.15, 0.2) is 30.5 Å². The normalized spacial score (nSPS) is 16.4. The molecule has 26 heavy (non-hydrogen) atoms. The van der Waals surface area contributed by atoms with Crippen molar-refractivity contribution in [3.63, 3.8) is 0 Å². The van der Waals surface area contributed by atoms with Gasteiger partial charge in [0.15, 0.2) is 6.61 Å². The summed E-state index contributed by atoms with van der Waals surface area (Å²) in [7, 11) is 0. The van der Waals surface area contributed by atoms with Gasteiger partial charge in [0.25, 0.3) is 5.91 Å². The van der Waals surface area contributed by atoms with Gasteiger partial charge in [0.1, 0.15) is 11.6 Å². The first-order valence-electron chi connectivity index (χ1n) is 9.21. The molecule has 0 saturated heterocycles. The van der Waals surface area contributed by atoms with Crippen LogP contribution in [0.3, 0.4) is 0 Å². The van der Waals surface area contributed by atoms with E-state index in [1.165, 1.54) is 5.69 Å². The molecule has 1 aromatic heterocycles. The van der Waals surface area contributed by atoms with E-state index in [9.17, 15) is 4.79 Å². The second kappa shape index (κ2) is 8.36. The van der Waals surface area contributed by atoms with Gasteiger partial charge in [-0.05, 0) is 32.4 Å². The lowest BCUT2D eigenvalue weighted by Crippen LogP contribution is -2.43. The molecule has 0 saturated carbocycles. The predicted molar refractivity (Wildman–Crippen MR) is 99.2 cm³/mol. The largest absolute Gasteiger partial charge is 0.484 e. The lowest BCUT2D eigenvalue weighted by molar-refractivity contribution is -0.136. The fraction of sp³-hybridized carbons (Fsp3) is 0.500. The fourth-order valence-electron chi connectivity index (χ4n) is 3.36. The molecule has 0 radical (unpaired) electrons. The third kappa shape index (κ3) is 3.90. The zero-order valence-electron chi connectivity index (χ0n) is 15.8. The Labute approximate surface area is 154 Å². The molecule has 0 N–H and O–H groups in total. The standard InChI is InChI=1S/C20H27N3O3/c1-4-25-12-9-17-13-21-20-16(3)22(10-11-23(17)20)19(24)14-26-18-8-6-5-7-15(18)2/h5-8,13,16H,4,9-12,14H2,1-3H3. The van der Waals surface area contributed by atoms with Crippen LogP contribution in [-0.2, 0) is 22.5 Å². The van der Waals surface area contributed by atoms with Crippen LogP contribution >= 0.6 is 0 Å². The van der Waals surface area contributed by atoms with Crippen LogP contribution in [0.2, 0.25) is 0 Å². The molecule has 0 fully saturated rings. The van der Waals surface area contributed by atoms with Gasteiger partial charge in [0.2, 0.25) is 0 Å². The highest BCUT2D eigenvalue weighted by molar-refractivity contribution is 5.78. The molecule has 1 amide bonds. The summed E-state index contributed by atoms with van der Waals surface area (Å²) in [5.41, 5.74) is 2.20. The highest BCUT2D eigenvalue weighted by Gasteiger charge is 2.30. The summed E-state index contributed by atoms with van der Waals surface area (Å²) in [5, 5.41) is 0. The number of benzene rings is 1. The Balaban J connectivity index is 1.62. The molecule has 1 aromatic carbocycles. The summed E-state index contributed by atoms with van der Waals surface area (Å²) in [4.78, 5) is 19.1. The van der Waals surface area contributed by atoms with Gasteiger partial charge in [-0.15, -0.1) is 0 Å². The number of para-hydroxylation sites is 1. The fourth-order valence-corrected chi connectivity index (χ4v) is 3.36. The molecule has 140 valence electrons. The number of fused-ring (bicyclic) bond motifs is 1. The molecule has 0 spiro atoms. The van der Waals surface area contributed by atoms with E-state index in [0.29, 0.717) is 13.2 Å². The number of hydrogen-bond donors (Lipinski definition) is 0. The number of carbonyl (C=O) groups excluding carboxylic acids is 1. The summed E-state index contributed by atoms with van der Waals surface area (Å²) in [6, 6.07) is 7.68. The third-order valence-electron chi connectivity index (χ3n) is 4.85. The maximum absolute atomic E-state index is 12.7. The van der Waals surface area contributed by atoms with E-state index in [1.54, 1.807) is 0 Å². The minimum Gasteiger partial charge on any atom is -0.484 e. The molecule has 1 atom stereocenters. The van der Waals surface area contributed by atoms with Crippen molar-refractivity contribution in [2.75, 3.05) is 26.4 Å². The second-order valence-electron chi connectivity index (χ2n) is 6.52. The van der Waals surface area contributed by atoms with Gasteiger partial charge in [-0.2, -0.15) is 0 Å². The molecule has 1 aliphatic heterocycles. The topological polar surface area (TPSA) is 56.6 Å². The SMILES string of the molecule is CCOCCc1cnc2n1CCN(C(=O)COc1ccccc1C)C2C. The van der Waals surface area contributed by atoms with Crippen molar-refractivity contribution in [2.24, 2.45) is 0 Å². The van der Waals surface area contributed by atoms with E-state index in [4.69, 9.17) is 9.47 Å². The van der Waals surface area contributed by atoms with Crippen LogP contribution in [0.25, 0.3) is 0 Å². The Morgan fingerprint density at radius 1 is 1.31 bits per heavy atom. The van der Waals surface area contributed by atoms with Crippen molar-refractivity contribution in [3.8, 4) is 5.75 Å². The molecule has 6 nitrogen and oxygen atoms in total. The number of aromatic nitrogens is 2. The van der Waals surface area contributed by atoms with Crippen LogP contribution < -0.4 is 4.74 Å². The Hall–Kier alpha value is -2.34. The van der Waals surface area contributed by atoms with Crippen molar-refractivity contribution in [2.45, 2.75) is 39.8 Å². The lowest BCUT2D eigenvalue weighted by Gasteiger charge is -2.34. The zero-order valence-corrected chi connectivity index (χ0v) is 15.8. The zero-order chi connectivity index (χ0) is 18.5. The molecule has 0 aliphatic carbocycles. The number of amides is 1. The van der Waals surface area contributed by atoms with Gasteiger partial charge in [-0.1, -0.05) is 18.2 Å². The average Bonchev–Trinajstić information content (AvgIpc) is 3.05. The minimum absolute atomic E-state index is 0.00845. The number of imidazole rings is 1. The van der Waals surface area contributed by atoms with Gasteiger partial charge in [0.05, 0.1) is 12.6 Å². The molecular weight excluding hydrogens is 330 g/mol. The number of hydrogen-bond acceptors (Lipinski definition) is 4. The Kier molecular flexibility index (Phi) is 5.93. The molecule has 0 bridgehead atoms. The Morgan fingerprint density at radius 3 is 2.88 bits per heavy atom. The quantitative estimate of drug-likeness (QED) is 0.715. The summed E-state index contributed by atoms with van der Waals surface area (Å²) in [6.45, 7) is 8.90. The van der Waals surface area contributed by atoms with E-state index >= 15 is 0 Å². The average molecular weight is 357 g/mol. The number of nitrogens with zero attached hydrogens (tertiary/aromatic N) is 3. The number of ether oxygens (including phenoxy) is 2. The summed E-state index contributed by atoms with van der Waals surface area (Å²) in [6.07, 6.45) is 2.75. The van der Waals surface area contributed by atoms with E-state index < -0.39 is 0 Å². The molecule has 6 heteroatoms. The van der Waals surface area contributed by atoms with Crippen LogP contribution in [0.4, 0.5) is 0 Å². The van der Waals surface area contributed by atoms with E-state index in [0.717, 1.165) is 36.7 Å². The van der Waals surface area contributed by atoms with Crippen molar-refractivity contribution in [3.05, 3.63) is 47.5 Å². The number of carbonyl (C=O) groups is 1. The monoisotopic (exact) mass is 357 g/mol. The number of aryl methyl sites for hydroxylation is 1. The van der Waals surface area contributed by atoms with E-state index in [-0.39, 0.29) is 18.6 Å². The maximum atomic E-state index is 12.7. The van der Waals surface area contributed by atoms with Crippen LogP contribution in [0.5, 0.6) is 5.75 Å². The minimum atomic E-state index is -0.0578. The molecule has 2 aromatic rings. The van der Waals surface area contributed by atoms with Crippen LogP contribution in [0, 0.1) is 6.92 Å². The smallest absolute Gasteiger partial charge is 0.261 e. The Bertz CT molecular complexity index is 757. The molecule has 3 rings (SSSR count). The molecule has 1 aliphatic rings. The van der Waals surface area contributed by atoms with Crippen molar-refractivity contribution >= 4 is 5.91 Å². The van der Waals surface area contributed by atoms with Gasteiger partial charge in [-0.25, -0.2) is 4.98 Å². The number of rotatable bonds is 7. The third-order valence-corrected chi connectivity index (χ3v) is 4.85. The van der Waals surface area contributed by atoms with Crippen molar-refractivity contribution in [1.29, 1.82) is 0 Å². The first-order chi connectivity index (χ1) is 12.6. The van der Waals surface area contributed by atoms with Gasteiger partial charge < -0.3 is 18.9 Å².